The molecule has 0 aliphatic carbocycles. The fourth-order valence-corrected chi connectivity index (χ4v) is 4.17. The maximum atomic E-state index is 13.8. The van der Waals surface area contributed by atoms with Gasteiger partial charge in [0, 0.05) is 11.3 Å². The zero-order valence-electron chi connectivity index (χ0n) is 16.5. The number of aryl methyl sites for hydroxylation is 1. The third-order valence-corrected chi connectivity index (χ3v) is 5.51. The molecule has 0 fully saturated rings. The Morgan fingerprint density at radius 3 is 2.39 bits per heavy atom. The Labute approximate surface area is 196 Å². The largest absolute Gasteiger partial charge is 0.486 e. The van der Waals surface area contributed by atoms with E-state index in [-0.39, 0.29) is 18.0 Å². The Kier molecular flexibility index (Phi) is 7.61. The summed E-state index contributed by atoms with van der Waals surface area (Å²) in [7, 11) is 0. The van der Waals surface area contributed by atoms with Crippen molar-refractivity contribution in [2.75, 3.05) is 5.32 Å². The average molecular weight is 544 g/mol. The van der Waals surface area contributed by atoms with Crippen molar-refractivity contribution in [3.8, 4) is 11.8 Å². The van der Waals surface area contributed by atoms with Gasteiger partial charge in [-0.05, 0) is 80.8 Å². The Morgan fingerprint density at radius 2 is 1.77 bits per heavy atom. The standard InChI is InChI=1S/C24H17Br2FN2O2/c1-15-6-8-19(9-7-15)29-24(30)18(13-28)10-16-11-20(25)23(21(26)12-16)31-14-17-4-2-3-5-22(17)27/h2-12H,14H2,1H3,(H,29,30)/b18-10+. The van der Waals surface area contributed by atoms with Crippen LogP contribution in [0.5, 0.6) is 5.75 Å². The molecule has 3 aromatic rings. The van der Waals surface area contributed by atoms with Crippen LogP contribution in [0.2, 0.25) is 0 Å². The molecule has 0 aliphatic heterocycles. The van der Waals surface area contributed by atoms with Gasteiger partial charge >= 0.3 is 0 Å². The predicted octanol–water partition coefficient (Wildman–Crippen LogP) is 6.78. The molecule has 0 unspecified atom stereocenters. The topological polar surface area (TPSA) is 62.1 Å². The molecule has 156 valence electrons. The lowest BCUT2D eigenvalue weighted by atomic mass is 10.1. The van der Waals surface area contributed by atoms with Crippen LogP contribution in [0.15, 0.2) is 75.2 Å². The first kappa shape index (κ1) is 22.7. The first-order valence-corrected chi connectivity index (χ1v) is 10.8. The second kappa shape index (κ2) is 10.4. The lowest BCUT2D eigenvalue weighted by Gasteiger charge is -2.12. The van der Waals surface area contributed by atoms with Crippen LogP contribution in [0.1, 0.15) is 16.7 Å². The number of nitrogens with zero attached hydrogens (tertiary/aromatic N) is 1. The van der Waals surface area contributed by atoms with Crippen LogP contribution in [0.25, 0.3) is 6.08 Å². The molecule has 31 heavy (non-hydrogen) atoms. The number of anilines is 1. The zero-order valence-corrected chi connectivity index (χ0v) is 19.6. The number of benzene rings is 3. The Morgan fingerprint density at radius 1 is 1.13 bits per heavy atom. The summed E-state index contributed by atoms with van der Waals surface area (Å²) in [5.41, 5.74) is 2.69. The van der Waals surface area contributed by atoms with E-state index in [0.29, 0.717) is 31.5 Å². The monoisotopic (exact) mass is 542 g/mol. The van der Waals surface area contributed by atoms with E-state index in [4.69, 9.17) is 4.74 Å². The number of carbonyl (C=O) groups excluding carboxylic acids is 1. The minimum Gasteiger partial charge on any atom is -0.486 e. The predicted molar refractivity (Wildman–Crippen MR) is 126 cm³/mol. The number of rotatable bonds is 6. The molecule has 0 aliphatic rings. The Balaban J connectivity index is 1.77. The van der Waals surface area contributed by atoms with Gasteiger partial charge in [0.25, 0.3) is 5.91 Å². The molecule has 0 spiro atoms. The van der Waals surface area contributed by atoms with Crippen LogP contribution in [-0.2, 0) is 11.4 Å². The average Bonchev–Trinajstić information content (AvgIpc) is 2.74. The van der Waals surface area contributed by atoms with Gasteiger partial charge in [0.05, 0.1) is 8.95 Å². The van der Waals surface area contributed by atoms with Crippen LogP contribution in [0.3, 0.4) is 0 Å². The molecule has 1 N–H and O–H groups in total. The number of amides is 1. The summed E-state index contributed by atoms with van der Waals surface area (Å²) in [4.78, 5) is 12.5. The fourth-order valence-electron chi connectivity index (χ4n) is 2.72. The highest BCUT2D eigenvalue weighted by Crippen LogP contribution is 2.36. The SMILES string of the molecule is Cc1ccc(NC(=O)/C(C#N)=C/c2cc(Br)c(OCc3ccccc3F)c(Br)c2)cc1. The smallest absolute Gasteiger partial charge is 0.266 e. The van der Waals surface area contributed by atoms with Crippen LogP contribution >= 0.6 is 31.9 Å². The van der Waals surface area contributed by atoms with E-state index < -0.39 is 5.91 Å². The van der Waals surface area contributed by atoms with Crippen molar-refractivity contribution < 1.29 is 13.9 Å². The van der Waals surface area contributed by atoms with E-state index in [1.807, 2.05) is 25.1 Å². The molecule has 3 aromatic carbocycles. The van der Waals surface area contributed by atoms with Gasteiger partial charge in [-0.15, -0.1) is 0 Å². The molecule has 7 heteroatoms. The number of hydrogen-bond acceptors (Lipinski definition) is 3. The van der Waals surface area contributed by atoms with Gasteiger partial charge in [0.15, 0.2) is 0 Å². The highest BCUT2D eigenvalue weighted by Gasteiger charge is 2.13. The second-order valence-corrected chi connectivity index (χ2v) is 8.39. The molecule has 4 nitrogen and oxygen atoms in total. The molecule has 0 saturated heterocycles. The van der Waals surface area contributed by atoms with E-state index >= 15 is 0 Å². The summed E-state index contributed by atoms with van der Waals surface area (Å²) in [6, 6.07) is 19.1. The summed E-state index contributed by atoms with van der Waals surface area (Å²) in [5, 5.41) is 12.2. The van der Waals surface area contributed by atoms with E-state index in [9.17, 15) is 14.4 Å². The number of nitrogens with one attached hydrogen (secondary N) is 1. The molecule has 0 saturated carbocycles. The molecule has 0 atom stereocenters. The second-order valence-electron chi connectivity index (χ2n) is 6.68. The van der Waals surface area contributed by atoms with E-state index in [1.165, 1.54) is 12.1 Å². The lowest BCUT2D eigenvalue weighted by Crippen LogP contribution is -2.13. The van der Waals surface area contributed by atoms with Gasteiger partial charge < -0.3 is 10.1 Å². The Hall–Kier alpha value is -2.95. The molecule has 0 radical (unpaired) electrons. The van der Waals surface area contributed by atoms with Crippen LogP contribution < -0.4 is 10.1 Å². The molecule has 3 rings (SSSR count). The van der Waals surface area contributed by atoms with Crippen molar-refractivity contribution in [3.63, 3.8) is 0 Å². The number of halogens is 3. The first-order valence-electron chi connectivity index (χ1n) is 9.22. The molecular formula is C24H17Br2FN2O2. The van der Waals surface area contributed by atoms with Crippen molar-refractivity contribution >= 4 is 49.5 Å². The summed E-state index contributed by atoms with van der Waals surface area (Å²) in [6.07, 6.45) is 1.49. The van der Waals surface area contributed by atoms with Crippen LogP contribution in [0, 0.1) is 24.1 Å². The van der Waals surface area contributed by atoms with Gasteiger partial charge in [0.1, 0.15) is 29.8 Å². The van der Waals surface area contributed by atoms with Gasteiger partial charge in [-0.2, -0.15) is 5.26 Å². The van der Waals surface area contributed by atoms with Gasteiger partial charge in [-0.1, -0.05) is 35.9 Å². The third-order valence-electron chi connectivity index (χ3n) is 4.34. The zero-order chi connectivity index (χ0) is 22.4. The van der Waals surface area contributed by atoms with Crippen molar-refractivity contribution in [3.05, 3.63) is 97.7 Å². The lowest BCUT2D eigenvalue weighted by molar-refractivity contribution is -0.112. The first-order chi connectivity index (χ1) is 14.9. The molecule has 0 bridgehead atoms. The van der Waals surface area contributed by atoms with Crippen LogP contribution in [-0.4, -0.2) is 5.91 Å². The summed E-state index contributed by atoms with van der Waals surface area (Å²) in [5.74, 6) is -0.353. The number of hydrogen-bond donors (Lipinski definition) is 1. The van der Waals surface area contributed by atoms with Crippen molar-refractivity contribution in [1.82, 2.24) is 0 Å². The van der Waals surface area contributed by atoms with Crippen molar-refractivity contribution in [2.45, 2.75) is 13.5 Å². The van der Waals surface area contributed by atoms with E-state index in [2.05, 4.69) is 37.2 Å². The minimum absolute atomic E-state index is 0.0422. The van der Waals surface area contributed by atoms with E-state index in [0.717, 1.165) is 5.56 Å². The summed E-state index contributed by atoms with van der Waals surface area (Å²) >= 11 is 6.88. The van der Waals surface area contributed by atoms with E-state index in [1.54, 1.807) is 42.5 Å². The fraction of sp³-hybridized carbons (Fsp3) is 0.0833. The number of ether oxygens (including phenoxy) is 1. The van der Waals surface area contributed by atoms with Gasteiger partial charge in [-0.3, -0.25) is 4.79 Å². The number of carbonyl (C=O) groups is 1. The highest BCUT2D eigenvalue weighted by atomic mass is 79.9. The molecule has 0 aromatic heterocycles. The van der Waals surface area contributed by atoms with Crippen molar-refractivity contribution in [1.29, 1.82) is 5.26 Å². The summed E-state index contributed by atoms with van der Waals surface area (Å²) in [6.45, 7) is 2.01. The third kappa shape index (κ3) is 6.03. The highest BCUT2D eigenvalue weighted by molar-refractivity contribution is 9.11. The normalized spacial score (nSPS) is 11.0. The summed E-state index contributed by atoms with van der Waals surface area (Å²) < 4.78 is 20.8. The van der Waals surface area contributed by atoms with Crippen molar-refractivity contribution in [2.24, 2.45) is 0 Å². The molecular weight excluding hydrogens is 527 g/mol. The number of nitriles is 1. The Bertz CT molecular complexity index is 1160. The maximum Gasteiger partial charge on any atom is 0.266 e. The maximum absolute atomic E-state index is 13.8. The quantitative estimate of drug-likeness (QED) is 0.275. The van der Waals surface area contributed by atoms with Crippen LogP contribution in [0.4, 0.5) is 10.1 Å². The molecule has 0 heterocycles. The minimum atomic E-state index is -0.501. The van der Waals surface area contributed by atoms with Gasteiger partial charge in [0.2, 0.25) is 0 Å². The molecule has 1 amide bonds. The van der Waals surface area contributed by atoms with Gasteiger partial charge in [-0.25, -0.2) is 4.39 Å².